The fourth-order valence-electron chi connectivity index (χ4n) is 1.54. The third kappa shape index (κ3) is 4.95. The summed E-state index contributed by atoms with van der Waals surface area (Å²) in [7, 11) is 0. The average Bonchev–Trinajstić information content (AvgIpc) is 2.26. The van der Waals surface area contributed by atoms with Crippen molar-refractivity contribution in [3.8, 4) is 0 Å². The maximum absolute atomic E-state index is 12.6. The van der Waals surface area contributed by atoms with E-state index in [1.54, 1.807) is 0 Å². The van der Waals surface area contributed by atoms with Gasteiger partial charge in [0.2, 0.25) is 0 Å². The van der Waals surface area contributed by atoms with Gasteiger partial charge in [0.05, 0.1) is 6.10 Å². The Labute approximate surface area is 101 Å². The lowest BCUT2D eigenvalue weighted by atomic mass is 10.1. The van der Waals surface area contributed by atoms with Gasteiger partial charge in [-0.05, 0) is 36.6 Å². The van der Waals surface area contributed by atoms with Gasteiger partial charge in [-0.25, -0.2) is 4.39 Å². The number of amides is 1. The number of aliphatic hydroxyl groups is 1. The van der Waals surface area contributed by atoms with Gasteiger partial charge in [0.1, 0.15) is 5.82 Å². The van der Waals surface area contributed by atoms with Crippen molar-refractivity contribution >= 4 is 5.91 Å². The predicted molar refractivity (Wildman–Crippen MR) is 64.2 cm³/mol. The van der Waals surface area contributed by atoms with Crippen molar-refractivity contribution in [2.45, 2.75) is 26.4 Å². The first-order valence-electron chi connectivity index (χ1n) is 5.71. The minimum atomic E-state index is -0.542. The number of hydrogen-bond acceptors (Lipinski definition) is 2. The number of carbonyl (C=O) groups is 1. The van der Waals surface area contributed by atoms with Crippen LogP contribution >= 0.6 is 0 Å². The Kier molecular flexibility index (Phi) is 5.10. The van der Waals surface area contributed by atoms with Crippen molar-refractivity contribution in [1.82, 2.24) is 5.32 Å². The Morgan fingerprint density at radius 3 is 2.47 bits per heavy atom. The zero-order valence-corrected chi connectivity index (χ0v) is 10.1. The number of rotatable bonds is 5. The van der Waals surface area contributed by atoms with Gasteiger partial charge < -0.3 is 10.4 Å². The summed E-state index contributed by atoms with van der Waals surface area (Å²) in [5, 5.41) is 12.2. The Morgan fingerprint density at radius 1 is 1.35 bits per heavy atom. The molecule has 0 aliphatic rings. The fourth-order valence-corrected chi connectivity index (χ4v) is 1.54. The Bertz CT molecular complexity index is 362. The van der Waals surface area contributed by atoms with Gasteiger partial charge in [0.15, 0.2) is 0 Å². The molecule has 4 heteroatoms. The van der Waals surface area contributed by atoms with Crippen molar-refractivity contribution < 1.29 is 14.3 Å². The number of benzene rings is 1. The number of hydrogen-bond donors (Lipinski definition) is 2. The molecule has 17 heavy (non-hydrogen) atoms. The van der Waals surface area contributed by atoms with E-state index in [9.17, 15) is 14.3 Å². The third-order valence-corrected chi connectivity index (χ3v) is 2.35. The number of aliphatic hydroxyl groups excluding tert-OH is 1. The van der Waals surface area contributed by atoms with Gasteiger partial charge in [-0.1, -0.05) is 13.8 Å². The van der Waals surface area contributed by atoms with E-state index in [2.05, 4.69) is 5.32 Å². The molecule has 3 nitrogen and oxygen atoms in total. The molecule has 0 heterocycles. The topological polar surface area (TPSA) is 49.3 Å². The number of halogens is 1. The summed E-state index contributed by atoms with van der Waals surface area (Å²) in [5.74, 6) is -0.290. The Hall–Kier alpha value is -1.42. The maximum Gasteiger partial charge on any atom is 0.251 e. The second-order valence-electron chi connectivity index (χ2n) is 4.50. The van der Waals surface area contributed by atoms with Gasteiger partial charge in [0, 0.05) is 12.1 Å². The summed E-state index contributed by atoms with van der Waals surface area (Å²) in [6, 6.07) is 5.30. The van der Waals surface area contributed by atoms with E-state index in [0.717, 1.165) is 0 Å². The smallest absolute Gasteiger partial charge is 0.251 e. The van der Waals surface area contributed by atoms with Gasteiger partial charge in [-0.15, -0.1) is 0 Å². The molecule has 1 atom stereocenters. The largest absolute Gasteiger partial charge is 0.391 e. The van der Waals surface area contributed by atoms with Crippen LogP contribution in [0.4, 0.5) is 4.39 Å². The number of carbonyl (C=O) groups excluding carboxylic acids is 1. The van der Waals surface area contributed by atoms with Crippen LogP contribution in [0.15, 0.2) is 24.3 Å². The molecule has 0 aliphatic heterocycles. The zero-order chi connectivity index (χ0) is 12.8. The third-order valence-electron chi connectivity index (χ3n) is 2.35. The van der Waals surface area contributed by atoms with E-state index in [4.69, 9.17) is 0 Å². The molecule has 0 aromatic heterocycles. The maximum atomic E-state index is 12.6. The van der Waals surface area contributed by atoms with Crippen LogP contribution in [0, 0.1) is 11.7 Å². The molecule has 0 aliphatic carbocycles. The predicted octanol–water partition coefficient (Wildman–Crippen LogP) is 1.96. The molecule has 1 rings (SSSR count). The molecule has 1 unspecified atom stereocenters. The summed E-state index contributed by atoms with van der Waals surface area (Å²) in [5.41, 5.74) is 0.392. The lowest BCUT2D eigenvalue weighted by Gasteiger charge is -2.13. The molecule has 0 saturated heterocycles. The van der Waals surface area contributed by atoms with Gasteiger partial charge in [0.25, 0.3) is 5.91 Å². The lowest BCUT2D eigenvalue weighted by Crippen LogP contribution is -2.32. The van der Waals surface area contributed by atoms with Crippen molar-refractivity contribution in [3.63, 3.8) is 0 Å². The van der Waals surface area contributed by atoms with E-state index in [1.807, 2.05) is 13.8 Å². The highest BCUT2D eigenvalue weighted by Crippen LogP contribution is 2.05. The summed E-state index contributed by atoms with van der Waals surface area (Å²) in [6.45, 7) is 4.23. The zero-order valence-electron chi connectivity index (χ0n) is 10.1. The van der Waals surface area contributed by atoms with E-state index >= 15 is 0 Å². The highest BCUT2D eigenvalue weighted by Gasteiger charge is 2.10. The molecule has 1 amide bonds. The van der Waals surface area contributed by atoms with Crippen LogP contribution in [-0.2, 0) is 0 Å². The lowest BCUT2D eigenvalue weighted by molar-refractivity contribution is 0.0900. The second-order valence-corrected chi connectivity index (χ2v) is 4.50. The molecule has 1 aromatic carbocycles. The molecule has 0 radical (unpaired) electrons. The standard InChI is InChI=1S/C13H18FNO2/c1-9(2)7-12(16)8-15-13(17)10-3-5-11(14)6-4-10/h3-6,9,12,16H,7-8H2,1-2H3,(H,15,17). The summed E-state index contributed by atoms with van der Waals surface area (Å²) in [6.07, 6.45) is 0.100. The van der Waals surface area contributed by atoms with Gasteiger partial charge in [-0.2, -0.15) is 0 Å². The molecule has 0 bridgehead atoms. The average molecular weight is 239 g/mol. The van der Waals surface area contributed by atoms with E-state index in [0.29, 0.717) is 17.9 Å². The van der Waals surface area contributed by atoms with Crippen LogP contribution in [0.3, 0.4) is 0 Å². The molecule has 0 spiro atoms. The fraction of sp³-hybridized carbons (Fsp3) is 0.462. The molecule has 1 aromatic rings. The van der Waals surface area contributed by atoms with Gasteiger partial charge in [-0.3, -0.25) is 4.79 Å². The molecule has 0 fully saturated rings. The van der Waals surface area contributed by atoms with Crippen molar-refractivity contribution in [1.29, 1.82) is 0 Å². The minimum Gasteiger partial charge on any atom is -0.391 e. The first-order chi connectivity index (χ1) is 7.99. The van der Waals surface area contributed by atoms with Crippen molar-refractivity contribution in [3.05, 3.63) is 35.6 Å². The molecular formula is C13H18FNO2. The highest BCUT2D eigenvalue weighted by atomic mass is 19.1. The first kappa shape index (κ1) is 13.6. The normalized spacial score (nSPS) is 12.5. The van der Waals surface area contributed by atoms with Crippen LogP contribution in [0.5, 0.6) is 0 Å². The van der Waals surface area contributed by atoms with Crippen LogP contribution in [0.2, 0.25) is 0 Å². The van der Waals surface area contributed by atoms with Crippen LogP contribution in [-0.4, -0.2) is 23.7 Å². The van der Waals surface area contributed by atoms with Crippen molar-refractivity contribution in [2.75, 3.05) is 6.54 Å². The first-order valence-corrected chi connectivity index (χ1v) is 5.71. The second kappa shape index (κ2) is 6.35. The Balaban J connectivity index is 2.42. The quantitative estimate of drug-likeness (QED) is 0.825. The van der Waals surface area contributed by atoms with Crippen LogP contribution in [0.1, 0.15) is 30.6 Å². The SMILES string of the molecule is CC(C)CC(O)CNC(=O)c1ccc(F)cc1. The van der Waals surface area contributed by atoms with E-state index in [1.165, 1.54) is 24.3 Å². The molecule has 2 N–H and O–H groups in total. The van der Waals surface area contributed by atoms with Crippen LogP contribution < -0.4 is 5.32 Å². The minimum absolute atomic E-state index is 0.217. The van der Waals surface area contributed by atoms with E-state index < -0.39 is 6.10 Å². The summed E-state index contributed by atoms with van der Waals surface area (Å²) < 4.78 is 12.6. The summed E-state index contributed by atoms with van der Waals surface area (Å²) in [4.78, 5) is 11.6. The summed E-state index contributed by atoms with van der Waals surface area (Å²) >= 11 is 0. The number of nitrogens with one attached hydrogen (secondary N) is 1. The molecular weight excluding hydrogens is 221 g/mol. The van der Waals surface area contributed by atoms with Gasteiger partial charge >= 0.3 is 0 Å². The molecule has 94 valence electrons. The highest BCUT2D eigenvalue weighted by molar-refractivity contribution is 5.94. The monoisotopic (exact) mass is 239 g/mol. The van der Waals surface area contributed by atoms with Crippen LogP contribution in [0.25, 0.3) is 0 Å². The Morgan fingerprint density at radius 2 is 1.94 bits per heavy atom. The molecule has 0 saturated carbocycles. The van der Waals surface area contributed by atoms with E-state index in [-0.39, 0.29) is 18.3 Å². The van der Waals surface area contributed by atoms with Crippen molar-refractivity contribution in [2.24, 2.45) is 5.92 Å².